The maximum absolute atomic E-state index is 11.7. The topological polar surface area (TPSA) is 64.3 Å². The normalized spacial score (nSPS) is 13.7. The first-order valence-electron chi connectivity index (χ1n) is 6.41. The van der Waals surface area contributed by atoms with Crippen molar-refractivity contribution < 1.29 is 9.53 Å². The van der Waals surface area contributed by atoms with Gasteiger partial charge in [0.1, 0.15) is 5.75 Å². The van der Waals surface area contributed by atoms with Crippen LogP contribution in [0.5, 0.6) is 5.75 Å². The molecule has 0 radical (unpaired) electrons. The number of nitrogens with one attached hydrogen (secondary N) is 1. The molecule has 1 amide bonds. The minimum Gasteiger partial charge on any atom is -0.483 e. The quantitative estimate of drug-likeness (QED) is 0.843. The van der Waals surface area contributed by atoms with Crippen molar-refractivity contribution in [1.29, 1.82) is 0 Å². The molecule has 1 unspecified atom stereocenters. The van der Waals surface area contributed by atoms with E-state index in [0.717, 1.165) is 16.5 Å². The highest BCUT2D eigenvalue weighted by molar-refractivity contribution is 9.10. The molecule has 0 spiro atoms. The fourth-order valence-corrected chi connectivity index (χ4v) is 1.91. The number of amides is 1. The van der Waals surface area contributed by atoms with E-state index in [1.165, 1.54) is 0 Å². The number of carbonyl (C=O) groups excluding carboxylic acids is 1. The highest BCUT2D eigenvalue weighted by Gasteiger charge is 2.11. The molecule has 0 heterocycles. The van der Waals surface area contributed by atoms with Gasteiger partial charge in [-0.25, -0.2) is 0 Å². The highest BCUT2D eigenvalue weighted by Crippen LogP contribution is 2.27. The zero-order valence-corrected chi connectivity index (χ0v) is 13.2. The molecule has 1 aromatic carbocycles. The first-order valence-corrected chi connectivity index (χ1v) is 7.20. The third-order valence-electron chi connectivity index (χ3n) is 2.84. The van der Waals surface area contributed by atoms with Crippen molar-refractivity contribution in [3.05, 3.63) is 28.2 Å². The zero-order chi connectivity index (χ0) is 14.4. The van der Waals surface area contributed by atoms with Gasteiger partial charge in [-0.3, -0.25) is 4.79 Å². The number of ether oxygens (including phenoxy) is 1. The van der Waals surface area contributed by atoms with Crippen LogP contribution in [-0.4, -0.2) is 18.6 Å². The van der Waals surface area contributed by atoms with Gasteiger partial charge in [0, 0.05) is 22.1 Å². The molecule has 1 rings (SSSR count). The lowest BCUT2D eigenvalue weighted by Gasteiger charge is -2.16. The molecular weight excluding hydrogens is 308 g/mol. The van der Waals surface area contributed by atoms with Crippen molar-refractivity contribution in [3.8, 4) is 5.75 Å². The van der Waals surface area contributed by atoms with Crippen LogP contribution in [0.25, 0.3) is 0 Å². The number of hydrogen-bond donors (Lipinski definition) is 2. The largest absolute Gasteiger partial charge is 0.483 e. The van der Waals surface area contributed by atoms with Gasteiger partial charge in [0.05, 0.1) is 0 Å². The Morgan fingerprint density at radius 3 is 2.74 bits per heavy atom. The Hall–Kier alpha value is -1.07. The Morgan fingerprint density at radius 1 is 1.47 bits per heavy atom. The lowest BCUT2D eigenvalue weighted by Crippen LogP contribution is -2.35. The molecule has 0 saturated heterocycles. The Morgan fingerprint density at radius 2 is 2.16 bits per heavy atom. The molecule has 3 N–H and O–H groups in total. The van der Waals surface area contributed by atoms with E-state index in [0.29, 0.717) is 5.75 Å². The molecule has 0 bridgehead atoms. The fraction of sp³-hybridized carbons (Fsp3) is 0.500. The second-order valence-corrected chi connectivity index (χ2v) is 5.55. The summed E-state index contributed by atoms with van der Waals surface area (Å²) in [5.41, 5.74) is 6.77. The Kier molecular flexibility index (Phi) is 6.31. The molecule has 0 aliphatic rings. The van der Waals surface area contributed by atoms with E-state index in [4.69, 9.17) is 10.5 Å². The third kappa shape index (κ3) is 5.20. The predicted octanol–water partition coefficient (Wildman–Crippen LogP) is 2.76. The van der Waals surface area contributed by atoms with E-state index in [1.807, 2.05) is 39.0 Å². The highest BCUT2D eigenvalue weighted by atomic mass is 79.9. The maximum Gasteiger partial charge on any atom is 0.258 e. The first kappa shape index (κ1) is 16.0. The van der Waals surface area contributed by atoms with Gasteiger partial charge in [0.2, 0.25) is 0 Å². The lowest BCUT2D eigenvalue weighted by molar-refractivity contribution is -0.123. The molecule has 4 nitrogen and oxygen atoms in total. The summed E-state index contributed by atoms with van der Waals surface area (Å²) < 4.78 is 6.46. The molecule has 19 heavy (non-hydrogen) atoms. The molecule has 0 aliphatic carbocycles. The van der Waals surface area contributed by atoms with Crippen LogP contribution in [0.1, 0.15) is 38.8 Å². The summed E-state index contributed by atoms with van der Waals surface area (Å²) in [5, 5.41) is 2.86. The van der Waals surface area contributed by atoms with E-state index in [1.54, 1.807) is 0 Å². The Labute approximate surface area is 122 Å². The van der Waals surface area contributed by atoms with E-state index in [-0.39, 0.29) is 24.6 Å². The van der Waals surface area contributed by atoms with Crippen LogP contribution in [0.3, 0.4) is 0 Å². The van der Waals surface area contributed by atoms with E-state index >= 15 is 0 Å². The van der Waals surface area contributed by atoms with Crippen molar-refractivity contribution in [3.63, 3.8) is 0 Å². The van der Waals surface area contributed by atoms with E-state index in [9.17, 15) is 4.79 Å². The number of halogens is 1. The number of hydrogen-bond acceptors (Lipinski definition) is 3. The SMILES string of the molecule is CCC(C)NC(=O)COc1cc(Br)ccc1[C@H](C)N. The molecule has 106 valence electrons. The van der Waals surface area contributed by atoms with Gasteiger partial charge in [0.25, 0.3) is 5.91 Å². The van der Waals surface area contributed by atoms with Crippen LogP contribution in [0.2, 0.25) is 0 Å². The summed E-state index contributed by atoms with van der Waals surface area (Å²) in [6.45, 7) is 5.87. The number of carbonyl (C=O) groups is 1. The van der Waals surface area contributed by atoms with Gasteiger partial charge in [-0.05, 0) is 32.4 Å². The first-order chi connectivity index (χ1) is 8.93. The number of benzene rings is 1. The maximum atomic E-state index is 11.7. The van der Waals surface area contributed by atoms with Gasteiger partial charge in [0.15, 0.2) is 6.61 Å². The third-order valence-corrected chi connectivity index (χ3v) is 3.34. The second-order valence-electron chi connectivity index (χ2n) is 4.64. The van der Waals surface area contributed by atoms with Gasteiger partial charge in [-0.15, -0.1) is 0 Å². The van der Waals surface area contributed by atoms with Crippen molar-refractivity contribution in [1.82, 2.24) is 5.32 Å². The fourth-order valence-electron chi connectivity index (χ4n) is 1.57. The number of rotatable bonds is 6. The van der Waals surface area contributed by atoms with Crippen LogP contribution in [0.4, 0.5) is 0 Å². The molecule has 0 fully saturated rings. The smallest absolute Gasteiger partial charge is 0.258 e. The average molecular weight is 329 g/mol. The Bertz CT molecular complexity index is 435. The van der Waals surface area contributed by atoms with E-state index < -0.39 is 0 Å². The van der Waals surface area contributed by atoms with Crippen LogP contribution >= 0.6 is 15.9 Å². The van der Waals surface area contributed by atoms with Gasteiger partial charge < -0.3 is 15.8 Å². The summed E-state index contributed by atoms with van der Waals surface area (Å²) in [6, 6.07) is 5.66. The molecule has 5 heteroatoms. The molecule has 0 aromatic heterocycles. The molecule has 0 saturated carbocycles. The monoisotopic (exact) mass is 328 g/mol. The average Bonchev–Trinajstić information content (AvgIpc) is 2.35. The minimum absolute atomic E-state index is 0.000509. The molecule has 1 aromatic rings. The standard InChI is InChI=1S/C14H21BrN2O2/c1-4-9(2)17-14(18)8-19-13-7-11(15)5-6-12(13)10(3)16/h5-7,9-10H,4,8,16H2,1-3H3,(H,17,18)/t9?,10-/m0/s1. The van der Waals surface area contributed by atoms with Crippen LogP contribution in [0.15, 0.2) is 22.7 Å². The lowest BCUT2D eigenvalue weighted by atomic mass is 10.1. The summed E-state index contributed by atoms with van der Waals surface area (Å²) in [6.07, 6.45) is 0.897. The van der Waals surface area contributed by atoms with Crippen LogP contribution in [0, 0.1) is 0 Å². The molecule has 0 aliphatic heterocycles. The van der Waals surface area contributed by atoms with Crippen LogP contribution in [-0.2, 0) is 4.79 Å². The van der Waals surface area contributed by atoms with Crippen molar-refractivity contribution in [2.75, 3.05) is 6.61 Å². The minimum atomic E-state index is -0.138. The molecule has 2 atom stereocenters. The molecular formula is C14H21BrN2O2. The van der Waals surface area contributed by atoms with E-state index in [2.05, 4.69) is 21.2 Å². The predicted molar refractivity (Wildman–Crippen MR) is 80.1 cm³/mol. The van der Waals surface area contributed by atoms with Crippen LogP contribution < -0.4 is 15.8 Å². The van der Waals surface area contributed by atoms with Gasteiger partial charge in [-0.2, -0.15) is 0 Å². The number of nitrogens with two attached hydrogens (primary N) is 1. The van der Waals surface area contributed by atoms with Gasteiger partial charge >= 0.3 is 0 Å². The summed E-state index contributed by atoms with van der Waals surface area (Å²) in [5.74, 6) is 0.522. The van der Waals surface area contributed by atoms with Crippen molar-refractivity contribution in [2.45, 2.75) is 39.3 Å². The van der Waals surface area contributed by atoms with Gasteiger partial charge in [-0.1, -0.05) is 28.9 Å². The van der Waals surface area contributed by atoms with Crippen molar-refractivity contribution >= 4 is 21.8 Å². The zero-order valence-electron chi connectivity index (χ0n) is 11.6. The summed E-state index contributed by atoms with van der Waals surface area (Å²) in [7, 11) is 0. The second kappa shape index (κ2) is 7.50. The summed E-state index contributed by atoms with van der Waals surface area (Å²) in [4.78, 5) is 11.7. The summed E-state index contributed by atoms with van der Waals surface area (Å²) >= 11 is 3.38. The Balaban J connectivity index is 2.66. The van der Waals surface area contributed by atoms with Crippen molar-refractivity contribution in [2.24, 2.45) is 5.73 Å².